The highest BCUT2D eigenvalue weighted by molar-refractivity contribution is 5.81. The van der Waals surface area contributed by atoms with Gasteiger partial charge in [0.1, 0.15) is 0 Å². The highest BCUT2D eigenvalue weighted by Crippen LogP contribution is 2.15. The molecule has 1 aromatic carbocycles. The van der Waals surface area contributed by atoms with Crippen LogP contribution in [0.5, 0.6) is 0 Å². The van der Waals surface area contributed by atoms with Crippen molar-refractivity contribution in [2.75, 3.05) is 25.4 Å². The lowest BCUT2D eigenvalue weighted by molar-refractivity contribution is 0.285. The van der Waals surface area contributed by atoms with Crippen LogP contribution in [0.2, 0.25) is 0 Å². The molecule has 2 aromatic rings. The molecule has 0 amide bonds. The van der Waals surface area contributed by atoms with Crippen LogP contribution in [0, 0.1) is 0 Å². The van der Waals surface area contributed by atoms with Gasteiger partial charge < -0.3 is 10.6 Å². The lowest BCUT2D eigenvalue weighted by atomic mass is 10.2. The fourth-order valence-electron chi connectivity index (χ4n) is 1.98. The van der Waals surface area contributed by atoms with Crippen molar-refractivity contribution in [3.8, 4) is 0 Å². The molecule has 1 aromatic heterocycles. The summed E-state index contributed by atoms with van der Waals surface area (Å²) < 4.78 is 2.00. The first-order chi connectivity index (χ1) is 8.22. The summed E-state index contributed by atoms with van der Waals surface area (Å²) in [5.41, 5.74) is 7.49. The fraction of sp³-hybridized carbons (Fsp3) is 0.462. The highest BCUT2D eigenvalue weighted by atomic mass is 15.3. The van der Waals surface area contributed by atoms with Gasteiger partial charge >= 0.3 is 0 Å². The molecule has 0 atom stereocenters. The van der Waals surface area contributed by atoms with Crippen molar-refractivity contribution in [3.05, 3.63) is 24.4 Å². The third-order valence-electron chi connectivity index (χ3n) is 3.12. The quantitative estimate of drug-likeness (QED) is 0.802. The van der Waals surface area contributed by atoms with Gasteiger partial charge in [-0.15, -0.1) is 0 Å². The number of fused-ring (bicyclic) bond motifs is 1. The molecule has 0 unspecified atom stereocenters. The molecule has 2 rings (SSSR count). The SMILES string of the molecule is CCN(CC)CCn1cc2ccc(N)cc2n1. The van der Waals surface area contributed by atoms with Gasteiger partial charge in [0, 0.05) is 23.8 Å². The van der Waals surface area contributed by atoms with Crippen molar-refractivity contribution < 1.29 is 0 Å². The van der Waals surface area contributed by atoms with Crippen molar-refractivity contribution in [1.29, 1.82) is 0 Å². The summed E-state index contributed by atoms with van der Waals surface area (Å²) >= 11 is 0. The third kappa shape index (κ3) is 2.77. The molecule has 1 heterocycles. The van der Waals surface area contributed by atoms with Crippen LogP contribution in [0.1, 0.15) is 13.8 Å². The van der Waals surface area contributed by atoms with E-state index >= 15 is 0 Å². The Kier molecular flexibility index (Phi) is 3.64. The second-order valence-electron chi connectivity index (χ2n) is 4.24. The number of likely N-dealkylation sites (N-methyl/N-ethyl adjacent to an activating group) is 1. The Hall–Kier alpha value is -1.55. The van der Waals surface area contributed by atoms with Crippen molar-refractivity contribution in [1.82, 2.24) is 14.7 Å². The minimum Gasteiger partial charge on any atom is -0.399 e. The molecule has 17 heavy (non-hydrogen) atoms. The van der Waals surface area contributed by atoms with Gasteiger partial charge in [0.05, 0.1) is 12.1 Å². The summed E-state index contributed by atoms with van der Waals surface area (Å²) in [7, 11) is 0. The lowest BCUT2D eigenvalue weighted by Gasteiger charge is -2.17. The Labute approximate surface area is 102 Å². The average molecular weight is 232 g/mol. The number of rotatable bonds is 5. The zero-order valence-corrected chi connectivity index (χ0v) is 10.6. The maximum atomic E-state index is 5.74. The number of nitrogens with two attached hydrogens (primary N) is 1. The Morgan fingerprint density at radius 3 is 2.76 bits per heavy atom. The van der Waals surface area contributed by atoms with Crippen LogP contribution < -0.4 is 5.73 Å². The molecule has 0 spiro atoms. The summed E-state index contributed by atoms with van der Waals surface area (Å²) in [5.74, 6) is 0. The van der Waals surface area contributed by atoms with Crippen LogP contribution in [-0.4, -0.2) is 34.3 Å². The van der Waals surface area contributed by atoms with Gasteiger partial charge in [0.25, 0.3) is 0 Å². The van der Waals surface area contributed by atoms with Crippen molar-refractivity contribution in [2.45, 2.75) is 20.4 Å². The van der Waals surface area contributed by atoms with E-state index in [-0.39, 0.29) is 0 Å². The first kappa shape index (κ1) is 11.9. The van der Waals surface area contributed by atoms with Gasteiger partial charge in [-0.1, -0.05) is 13.8 Å². The maximum Gasteiger partial charge on any atom is 0.0943 e. The molecule has 4 nitrogen and oxygen atoms in total. The van der Waals surface area contributed by atoms with E-state index in [4.69, 9.17) is 5.73 Å². The molecule has 92 valence electrons. The molecular formula is C13H20N4. The van der Waals surface area contributed by atoms with Crippen LogP contribution in [0.15, 0.2) is 24.4 Å². The Balaban J connectivity index is 2.09. The molecule has 0 bridgehead atoms. The number of aromatic nitrogens is 2. The lowest BCUT2D eigenvalue weighted by Crippen LogP contribution is -2.27. The van der Waals surface area contributed by atoms with Crippen LogP contribution >= 0.6 is 0 Å². The number of nitrogens with zero attached hydrogens (tertiary/aromatic N) is 3. The topological polar surface area (TPSA) is 47.1 Å². The molecule has 0 aliphatic carbocycles. The van der Waals surface area contributed by atoms with E-state index in [9.17, 15) is 0 Å². The van der Waals surface area contributed by atoms with Gasteiger partial charge in [-0.2, -0.15) is 5.10 Å². The summed E-state index contributed by atoms with van der Waals surface area (Å²) in [4.78, 5) is 2.39. The molecule has 2 N–H and O–H groups in total. The zero-order valence-electron chi connectivity index (χ0n) is 10.6. The van der Waals surface area contributed by atoms with Gasteiger partial charge in [-0.05, 0) is 31.3 Å². The summed E-state index contributed by atoms with van der Waals surface area (Å²) in [6.45, 7) is 8.51. The van der Waals surface area contributed by atoms with E-state index in [2.05, 4.69) is 30.0 Å². The predicted molar refractivity (Wildman–Crippen MR) is 71.9 cm³/mol. The maximum absolute atomic E-state index is 5.74. The first-order valence-corrected chi connectivity index (χ1v) is 6.18. The van der Waals surface area contributed by atoms with Gasteiger partial charge in [0.15, 0.2) is 0 Å². The van der Waals surface area contributed by atoms with E-state index in [0.29, 0.717) is 0 Å². The molecule has 0 saturated heterocycles. The summed E-state index contributed by atoms with van der Waals surface area (Å²) in [5, 5.41) is 5.68. The zero-order chi connectivity index (χ0) is 12.3. The molecular weight excluding hydrogens is 212 g/mol. The Morgan fingerprint density at radius 1 is 1.29 bits per heavy atom. The molecule has 0 radical (unpaired) electrons. The van der Waals surface area contributed by atoms with Gasteiger partial charge in [-0.3, -0.25) is 4.68 Å². The summed E-state index contributed by atoms with van der Waals surface area (Å²) in [6.07, 6.45) is 2.08. The minimum atomic E-state index is 0.770. The molecule has 0 aliphatic rings. The fourth-order valence-corrected chi connectivity index (χ4v) is 1.98. The molecule has 0 saturated carbocycles. The first-order valence-electron chi connectivity index (χ1n) is 6.18. The second-order valence-corrected chi connectivity index (χ2v) is 4.24. The van der Waals surface area contributed by atoms with Crippen LogP contribution in [0.25, 0.3) is 10.9 Å². The van der Waals surface area contributed by atoms with Gasteiger partial charge in [-0.25, -0.2) is 0 Å². The summed E-state index contributed by atoms with van der Waals surface area (Å²) in [6, 6.07) is 5.85. The van der Waals surface area contributed by atoms with Crippen molar-refractivity contribution in [3.63, 3.8) is 0 Å². The molecule has 4 heteroatoms. The smallest absolute Gasteiger partial charge is 0.0943 e. The second kappa shape index (κ2) is 5.19. The minimum absolute atomic E-state index is 0.770. The largest absolute Gasteiger partial charge is 0.399 e. The Bertz CT molecular complexity index is 485. The average Bonchev–Trinajstić information content (AvgIpc) is 2.72. The monoisotopic (exact) mass is 232 g/mol. The predicted octanol–water partition coefficient (Wildman–Crippen LogP) is 1.96. The highest BCUT2D eigenvalue weighted by Gasteiger charge is 2.03. The van der Waals surface area contributed by atoms with Crippen LogP contribution in [0.4, 0.5) is 5.69 Å². The number of benzene rings is 1. The number of anilines is 1. The van der Waals surface area contributed by atoms with E-state index in [1.165, 1.54) is 0 Å². The normalized spacial score (nSPS) is 11.5. The van der Waals surface area contributed by atoms with Crippen LogP contribution in [0.3, 0.4) is 0 Å². The standard InChI is InChI=1S/C13H20N4/c1-3-16(4-2)7-8-17-10-11-5-6-12(14)9-13(11)15-17/h5-6,9-10H,3-4,7-8,14H2,1-2H3. The number of hydrogen-bond donors (Lipinski definition) is 1. The molecule has 0 fully saturated rings. The van der Waals surface area contributed by atoms with E-state index in [1.807, 2.05) is 22.9 Å². The third-order valence-corrected chi connectivity index (χ3v) is 3.12. The van der Waals surface area contributed by atoms with E-state index in [0.717, 1.165) is 42.8 Å². The Morgan fingerprint density at radius 2 is 2.06 bits per heavy atom. The van der Waals surface area contributed by atoms with E-state index < -0.39 is 0 Å². The van der Waals surface area contributed by atoms with Crippen molar-refractivity contribution in [2.24, 2.45) is 0 Å². The molecule has 0 aliphatic heterocycles. The van der Waals surface area contributed by atoms with E-state index in [1.54, 1.807) is 0 Å². The van der Waals surface area contributed by atoms with Crippen LogP contribution in [-0.2, 0) is 6.54 Å². The number of nitrogen functional groups attached to an aromatic ring is 1. The van der Waals surface area contributed by atoms with Gasteiger partial charge in [0.2, 0.25) is 0 Å². The van der Waals surface area contributed by atoms with Crippen molar-refractivity contribution >= 4 is 16.6 Å². The number of hydrogen-bond acceptors (Lipinski definition) is 3.